The van der Waals surface area contributed by atoms with Gasteiger partial charge in [-0.15, -0.1) is 10.2 Å². The SMILES string of the molecule is CC(C)(C)c1ccc(-c2nnc(SCC(=O)NC3(C#N)CCCC3)n2Cc2ccccc2)cc1. The van der Waals surface area contributed by atoms with Gasteiger partial charge in [0.15, 0.2) is 11.0 Å². The number of rotatable bonds is 7. The Kier molecular flexibility index (Phi) is 7.08. The summed E-state index contributed by atoms with van der Waals surface area (Å²) in [6.45, 7) is 7.20. The monoisotopic (exact) mass is 473 g/mol. The number of hydrogen-bond donors (Lipinski definition) is 1. The van der Waals surface area contributed by atoms with E-state index in [1.54, 1.807) is 0 Å². The van der Waals surface area contributed by atoms with Crippen molar-refractivity contribution >= 4 is 17.7 Å². The average molecular weight is 474 g/mol. The first-order valence-electron chi connectivity index (χ1n) is 11.7. The minimum Gasteiger partial charge on any atom is -0.337 e. The molecule has 0 atom stereocenters. The molecule has 1 saturated carbocycles. The van der Waals surface area contributed by atoms with Crippen molar-refractivity contribution in [1.29, 1.82) is 5.26 Å². The summed E-state index contributed by atoms with van der Waals surface area (Å²) in [5, 5.41) is 22.1. The lowest BCUT2D eigenvalue weighted by Crippen LogP contribution is -2.45. The van der Waals surface area contributed by atoms with Crippen LogP contribution in [-0.2, 0) is 16.8 Å². The van der Waals surface area contributed by atoms with E-state index in [0.29, 0.717) is 11.7 Å². The van der Waals surface area contributed by atoms with Gasteiger partial charge in [0.2, 0.25) is 5.91 Å². The molecule has 0 bridgehead atoms. The zero-order valence-electron chi connectivity index (χ0n) is 20.0. The number of hydrogen-bond acceptors (Lipinski definition) is 5. The van der Waals surface area contributed by atoms with E-state index < -0.39 is 5.54 Å². The van der Waals surface area contributed by atoms with Gasteiger partial charge in [0.25, 0.3) is 0 Å². The van der Waals surface area contributed by atoms with E-state index in [1.165, 1.54) is 17.3 Å². The zero-order valence-corrected chi connectivity index (χ0v) is 20.9. The Morgan fingerprint density at radius 2 is 1.76 bits per heavy atom. The average Bonchev–Trinajstić information content (AvgIpc) is 3.45. The maximum absolute atomic E-state index is 12.7. The second-order valence-electron chi connectivity index (χ2n) is 9.94. The lowest BCUT2D eigenvalue weighted by atomic mass is 9.87. The van der Waals surface area contributed by atoms with Gasteiger partial charge in [0.05, 0.1) is 18.4 Å². The number of aromatic nitrogens is 3. The van der Waals surface area contributed by atoms with Crippen LogP contribution in [0, 0.1) is 11.3 Å². The maximum Gasteiger partial charge on any atom is 0.231 e. The predicted molar refractivity (Wildman–Crippen MR) is 135 cm³/mol. The van der Waals surface area contributed by atoms with Gasteiger partial charge in [-0.25, -0.2) is 0 Å². The molecule has 1 heterocycles. The van der Waals surface area contributed by atoms with Crippen molar-refractivity contribution in [2.24, 2.45) is 0 Å². The number of benzene rings is 2. The number of carbonyl (C=O) groups excluding carboxylic acids is 1. The molecule has 7 heteroatoms. The van der Waals surface area contributed by atoms with Crippen LogP contribution in [0.25, 0.3) is 11.4 Å². The van der Waals surface area contributed by atoms with E-state index >= 15 is 0 Å². The van der Waals surface area contributed by atoms with Gasteiger partial charge in [-0.1, -0.05) is 87.1 Å². The Bertz CT molecular complexity index is 1170. The molecule has 6 nitrogen and oxygen atoms in total. The van der Waals surface area contributed by atoms with Crippen LogP contribution in [0.2, 0.25) is 0 Å². The standard InChI is InChI=1S/C27H31N5OS/c1-26(2,3)22-13-11-21(12-14-22)24-30-31-25(32(24)17-20-9-5-4-6-10-20)34-18-23(33)29-27(19-28)15-7-8-16-27/h4-6,9-14H,7-8,15-18H2,1-3H3,(H,29,33). The van der Waals surface area contributed by atoms with Crippen molar-refractivity contribution in [3.05, 3.63) is 65.7 Å². The van der Waals surface area contributed by atoms with Gasteiger partial charge in [0.1, 0.15) is 5.54 Å². The van der Waals surface area contributed by atoms with E-state index in [0.717, 1.165) is 42.6 Å². The van der Waals surface area contributed by atoms with Gasteiger partial charge in [-0.3, -0.25) is 9.36 Å². The van der Waals surface area contributed by atoms with Crippen molar-refractivity contribution in [3.8, 4) is 17.5 Å². The summed E-state index contributed by atoms with van der Waals surface area (Å²) < 4.78 is 2.06. The molecular weight excluding hydrogens is 442 g/mol. The van der Waals surface area contributed by atoms with Crippen molar-refractivity contribution in [3.63, 3.8) is 0 Å². The fourth-order valence-electron chi connectivity index (χ4n) is 4.31. The molecule has 0 spiro atoms. The van der Waals surface area contributed by atoms with Gasteiger partial charge >= 0.3 is 0 Å². The first-order valence-corrected chi connectivity index (χ1v) is 12.7. The predicted octanol–water partition coefficient (Wildman–Crippen LogP) is 5.34. The highest BCUT2D eigenvalue weighted by molar-refractivity contribution is 7.99. The van der Waals surface area contributed by atoms with Crippen LogP contribution in [0.5, 0.6) is 0 Å². The van der Waals surface area contributed by atoms with E-state index in [9.17, 15) is 10.1 Å². The smallest absolute Gasteiger partial charge is 0.231 e. The highest BCUT2D eigenvalue weighted by Gasteiger charge is 2.35. The highest BCUT2D eigenvalue weighted by Crippen LogP contribution is 2.30. The lowest BCUT2D eigenvalue weighted by Gasteiger charge is -2.21. The van der Waals surface area contributed by atoms with E-state index in [4.69, 9.17) is 0 Å². The third-order valence-corrected chi connectivity index (χ3v) is 7.26. The topological polar surface area (TPSA) is 83.6 Å². The molecule has 0 saturated heterocycles. The van der Waals surface area contributed by atoms with Crippen LogP contribution < -0.4 is 5.32 Å². The Morgan fingerprint density at radius 1 is 1.09 bits per heavy atom. The summed E-state index contributed by atoms with van der Waals surface area (Å²) in [4.78, 5) is 12.7. The van der Waals surface area contributed by atoms with Crippen LogP contribution in [0.15, 0.2) is 59.8 Å². The summed E-state index contributed by atoms with van der Waals surface area (Å²) in [6.07, 6.45) is 3.39. The van der Waals surface area contributed by atoms with Crippen molar-refractivity contribution in [1.82, 2.24) is 20.1 Å². The molecule has 1 amide bonds. The Morgan fingerprint density at radius 3 is 2.38 bits per heavy atom. The quantitative estimate of drug-likeness (QED) is 0.469. The summed E-state index contributed by atoms with van der Waals surface area (Å²) in [7, 11) is 0. The molecule has 0 radical (unpaired) electrons. The Balaban J connectivity index is 1.57. The minimum absolute atomic E-state index is 0.0741. The summed E-state index contributed by atoms with van der Waals surface area (Å²) >= 11 is 1.36. The third kappa shape index (κ3) is 5.51. The molecule has 0 aliphatic heterocycles. The second kappa shape index (κ2) is 10.0. The minimum atomic E-state index is -0.713. The van der Waals surface area contributed by atoms with Crippen molar-refractivity contribution < 1.29 is 4.79 Å². The molecular formula is C27H31N5OS. The first-order chi connectivity index (χ1) is 16.3. The molecule has 3 aromatic rings. The Hall–Kier alpha value is -3.11. The molecule has 2 aromatic carbocycles. The molecule has 1 aliphatic rings. The molecule has 176 valence electrons. The van der Waals surface area contributed by atoms with Crippen molar-refractivity contribution in [2.45, 2.75) is 69.1 Å². The van der Waals surface area contributed by atoms with Crippen LogP contribution in [0.3, 0.4) is 0 Å². The number of thioether (sulfide) groups is 1. The largest absolute Gasteiger partial charge is 0.337 e. The van der Waals surface area contributed by atoms with Gasteiger partial charge in [-0.05, 0) is 42.2 Å². The summed E-state index contributed by atoms with van der Waals surface area (Å²) in [5.41, 5.74) is 2.74. The van der Waals surface area contributed by atoms with Crippen LogP contribution >= 0.6 is 11.8 Å². The Labute approximate surface area is 205 Å². The molecule has 34 heavy (non-hydrogen) atoms. The lowest BCUT2D eigenvalue weighted by molar-refractivity contribution is -0.119. The number of nitriles is 1. The molecule has 1 aliphatic carbocycles. The zero-order chi connectivity index (χ0) is 24.2. The number of nitrogens with one attached hydrogen (secondary N) is 1. The molecule has 1 fully saturated rings. The van der Waals surface area contributed by atoms with E-state index in [1.807, 2.05) is 18.2 Å². The second-order valence-corrected chi connectivity index (χ2v) is 10.9. The normalized spacial score (nSPS) is 15.1. The molecule has 1 N–H and O–H groups in total. The summed E-state index contributed by atoms with van der Waals surface area (Å²) in [6, 6.07) is 20.9. The number of amides is 1. The molecule has 0 unspecified atom stereocenters. The third-order valence-electron chi connectivity index (χ3n) is 6.29. The molecule has 4 rings (SSSR count). The van der Waals surface area contributed by atoms with Gasteiger partial charge < -0.3 is 5.32 Å². The van der Waals surface area contributed by atoms with Crippen LogP contribution in [0.4, 0.5) is 0 Å². The van der Waals surface area contributed by atoms with Crippen LogP contribution in [0.1, 0.15) is 57.6 Å². The van der Waals surface area contributed by atoms with E-state index in [-0.39, 0.29) is 17.1 Å². The fraction of sp³-hybridized carbons (Fsp3) is 0.407. The number of nitrogens with zero attached hydrogens (tertiary/aromatic N) is 4. The van der Waals surface area contributed by atoms with E-state index in [2.05, 4.69) is 83.3 Å². The number of carbonyl (C=O) groups is 1. The first kappa shape index (κ1) is 24.0. The van der Waals surface area contributed by atoms with Gasteiger partial charge in [-0.2, -0.15) is 5.26 Å². The molecule has 1 aromatic heterocycles. The highest BCUT2D eigenvalue weighted by atomic mass is 32.2. The maximum atomic E-state index is 12.7. The fourth-order valence-corrected chi connectivity index (χ4v) is 5.05. The summed E-state index contributed by atoms with van der Waals surface area (Å²) in [5.74, 6) is 0.828. The van der Waals surface area contributed by atoms with Gasteiger partial charge in [0, 0.05) is 5.56 Å². The van der Waals surface area contributed by atoms with Crippen molar-refractivity contribution in [2.75, 3.05) is 5.75 Å². The van der Waals surface area contributed by atoms with Crippen LogP contribution in [-0.4, -0.2) is 32.0 Å².